The summed E-state index contributed by atoms with van der Waals surface area (Å²) in [5.41, 5.74) is 0.763. The molecule has 1 aromatic rings. The van der Waals surface area contributed by atoms with E-state index in [9.17, 15) is 4.21 Å². The van der Waals surface area contributed by atoms with Crippen LogP contribution in [0.1, 0.15) is 52.1 Å². The molecule has 1 aliphatic rings. The molecule has 1 aliphatic carbocycles. The van der Waals surface area contributed by atoms with Gasteiger partial charge in [0.05, 0.1) is 27.0 Å². The molecule has 5 heteroatoms. The van der Waals surface area contributed by atoms with Gasteiger partial charge in [0.25, 0.3) is 0 Å². The minimum Gasteiger partial charge on any atom is -0.244 e. The van der Waals surface area contributed by atoms with E-state index in [0.29, 0.717) is 0 Å². The van der Waals surface area contributed by atoms with Gasteiger partial charge >= 0.3 is 0 Å². The number of nitrogens with one attached hydrogen (secondary N) is 1. The van der Waals surface area contributed by atoms with Crippen LogP contribution in [0.25, 0.3) is 0 Å². The van der Waals surface area contributed by atoms with Crippen LogP contribution in [0.2, 0.25) is 0 Å². The molecule has 1 atom stereocenters. The zero-order chi connectivity index (χ0) is 14.1. The second-order valence-corrected chi connectivity index (χ2v) is 8.90. The lowest BCUT2D eigenvalue weighted by atomic mass is 9.94. The molecular formula is C14H21BrN2OS. The molecule has 0 aromatic carbocycles. The summed E-state index contributed by atoms with van der Waals surface area (Å²) in [5, 5.41) is 0. The van der Waals surface area contributed by atoms with Gasteiger partial charge in [0.1, 0.15) is 4.60 Å². The third kappa shape index (κ3) is 3.44. The Labute approximate surface area is 126 Å². The van der Waals surface area contributed by atoms with Gasteiger partial charge in [-0.05, 0) is 61.7 Å². The molecule has 1 aromatic heterocycles. The standard InChI is InChI=1S/C14H21BrN2OS/c1-13(2,3)19(18)17-14(9-4-5-10-14)11-7-6-8-12(15)16-11/h6-8,17H,4-5,9-10H2,1-3H3/t19-/m1/s1. The maximum Gasteiger partial charge on any atom is 0.106 e. The fourth-order valence-electron chi connectivity index (χ4n) is 2.39. The Morgan fingerprint density at radius 3 is 2.47 bits per heavy atom. The van der Waals surface area contributed by atoms with Gasteiger partial charge in [-0.15, -0.1) is 0 Å². The van der Waals surface area contributed by atoms with Gasteiger partial charge in [0, 0.05) is 0 Å². The zero-order valence-corrected chi connectivity index (χ0v) is 14.1. The Morgan fingerprint density at radius 2 is 1.95 bits per heavy atom. The van der Waals surface area contributed by atoms with E-state index in [1.807, 2.05) is 39.0 Å². The molecule has 0 bridgehead atoms. The number of nitrogens with zero attached hydrogens (tertiary/aromatic N) is 1. The molecule has 3 nitrogen and oxygen atoms in total. The number of rotatable bonds is 3. The first-order valence-corrected chi connectivity index (χ1v) is 8.61. The molecule has 19 heavy (non-hydrogen) atoms. The van der Waals surface area contributed by atoms with Gasteiger partial charge < -0.3 is 0 Å². The van der Waals surface area contributed by atoms with E-state index >= 15 is 0 Å². The van der Waals surface area contributed by atoms with Crippen LogP contribution in [0.15, 0.2) is 22.8 Å². The Kier molecular flexibility index (Phi) is 4.48. The predicted octanol–water partition coefficient (Wildman–Crippen LogP) is 3.67. The fourth-order valence-corrected chi connectivity index (χ4v) is 3.71. The van der Waals surface area contributed by atoms with Gasteiger partial charge in [-0.25, -0.2) is 13.9 Å². The SMILES string of the molecule is CC(C)(C)[S@@](=O)NC1(c2cccc(Br)n2)CCCC1. The minimum absolute atomic E-state index is 0.234. The number of hydrogen-bond donors (Lipinski definition) is 1. The summed E-state index contributed by atoms with van der Waals surface area (Å²) in [6, 6.07) is 5.95. The van der Waals surface area contributed by atoms with Crippen LogP contribution in [-0.4, -0.2) is 13.9 Å². The normalized spacial score (nSPS) is 20.4. The summed E-state index contributed by atoms with van der Waals surface area (Å²) >= 11 is 3.42. The number of halogens is 1. The number of hydrogen-bond acceptors (Lipinski definition) is 2. The average Bonchev–Trinajstić information content (AvgIpc) is 2.77. The molecule has 1 fully saturated rings. The lowest BCUT2D eigenvalue weighted by Crippen LogP contribution is -2.46. The molecule has 1 saturated carbocycles. The van der Waals surface area contributed by atoms with Gasteiger partial charge in [-0.2, -0.15) is 0 Å². The first-order valence-electron chi connectivity index (χ1n) is 6.66. The molecule has 2 rings (SSSR count). The van der Waals surface area contributed by atoms with E-state index in [4.69, 9.17) is 0 Å². The van der Waals surface area contributed by atoms with E-state index < -0.39 is 11.0 Å². The van der Waals surface area contributed by atoms with Crippen molar-refractivity contribution in [2.75, 3.05) is 0 Å². The summed E-state index contributed by atoms with van der Waals surface area (Å²) in [4.78, 5) is 4.58. The summed E-state index contributed by atoms with van der Waals surface area (Å²) in [6.07, 6.45) is 4.31. The summed E-state index contributed by atoms with van der Waals surface area (Å²) < 4.78 is 16.4. The van der Waals surface area contributed by atoms with Gasteiger partial charge in [-0.3, -0.25) is 0 Å². The molecule has 0 amide bonds. The predicted molar refractivity (Wildman–Crippen MR) is 83.1 cm³/mol. The van der Waals surface area contributed by atoms with Crippen molar-refractivity contribution in [2.45, 2.75) is 56.7 Å². The molecule has 0 unspecified atom stereocenters. The molecule has 0 saturated heterocycles. The van der Waals surface area contributed by atoms with E-state index in [2.05, 4.69) is 25.6 Å². The topological polar surface area (TPSA) is 42.0 Å². The van der Waals surface area contributed by atoms with E-state index in [1.54, 1.807) is 0 Å². The maximum atomic E-state index is 12.4. The molecule has 0 spiro atoms. The molecular weight excluding hydrogens is 324 g/mol. The highest BCUT2D eigenvalue weighted by Gasteiger charge is 2.40. The molecule has 106 valence electrons. The van der Waals surface area contributed by atoms with Crippen molar-refractivity contribution in [3.8, 4) is 0 Å². The summed E-state index contributed by atoms with van der Waals surface area (Å²) in [5.74, 6) is 0. The third-order valence-electron chi connectivity index (χ3n) is 3.51. The second kappa shape index (κ2) is 5.62. The van der Waals surface area contributed by atoms with Gasteiger partial charge in [0.15, 0.2) is 0 Å². The van der Waals surface area contributed by atoms with Crippen molar-refractivity contribution in [1.82, 2.24) is 9.71 Å². The summed E-state index contributed by atoms with van der Waals surface area (Å²) in [7, 11) is -1.08. The Balaban J connectivity index is 2.31. The van der Waals surface area contributed by atoms with Crippen LogP contribution in [0, 0.1) is 0 Å². The molecule has 0 radical (unpaired) electrons. The van der Waals surface area contributed by atoms with Crippen molar-refractivity contribution in [3.63, 3.8) is 0 Å². The van der Waals surface area contributed by atoms with Crippen LogP contribution >= 0.6 is 15.9 Å². The van der Waals surface area contributed by atoms with Crippen molar-refractivity contribution in [3.05, 3.63) is 28.5 Å². The molecule has 1 N–H and O–H groups in total. The highest BCUT2D eigenvalue weighted by molar-refractivity contribution is 9.10. The first-order chi connectivity index (χ1) is 8.83. The zero-order valence-electron chi connectivity index (χ0n) is 11.7. The van der Waals surface area contributed by atoms with Crippen molar-refractivity contribution < 1.29 is 4.21 Å². The largest absolute Gasteiger partial charge is 0.244 e. The molecule has 1 heterocycles. The van der Waals surface area contributed by atoms with E-state index in [1.165, 1.54) is 0 Å². The lowest BCUT2D eigenvalue weighted by Gasteiger charge is -2.32. The van der Waals surface area contributed by atoms with Crippen molar-refractivity contribution >= 4 is 26.9 Å². The lowest BCUT2D eigenvalue weighted by molar-refractivity contribution is 0.399. The van der Waals surface area contributed by atoms with Crippen molar-refractivity contribution in [1.29, 1.82) is 0 Å². The van der Waals surface area contributed by atoms with Gasteiger partial charge in [-0.1, -0.05) is 18.9 Å². The first kappa shape index (κ1) is 15.1. The Bertz CT molecular complexity index is 479. The Morgan fingerprint density at radius 1 is 1.32 bits per heavy atom. The quantitative estimate of drug-likeness (QED) is 0.850. The Hall–Kier alpha value is -0.260. The monoisotopic (exact) mass is 344 g/mol. The van der Waals surface area contributed by atoms with E-state index in [-0.39, 0.29) is 10.3 Å². The molecule has 0 aliphatic heterocycles. The van der Waals surface area contributed by atoms with Crippen LogP contribution in [0.4, 0.5) is 0 Å². The minimum atomic E-state index is -1.08. The van der Waals surface area contributed by atoms with E-state index in [0.717, 1.165) is 36.0 Å². The van der Waals surface area contributed by atoms with Crippen LogP contribution in [-0.2, 0) is 16.5 Å². The van der Waals surface area contributed by atoms with Crippen LogP contribution in [0.5, 0.6) is 0 Å². The smallest absolute Gasteiger partial charge is 0.106 e. The van der Waals surface area contributed by atoms with Crippen LogP contribution in [0.3, 0.4) is 0 Å². The average molecular weight is 345 g/mol. The number of aromatic nitrogens is 1. The summed E-state index contributed by atoms with van der Waals surface area (Å²) in [6.45, 7) is 5.98. The highest BCUT2D eigenvalue weighted by Crippen LogP contribution is 2.39. The van der Waals surface area contributed by atoms with Crippen molar-refractivity contribution in [2.24, 2.45) is 0 Å². The second-order valence-electron chi connectivity index (χ2n) is 6.12. The highest BCUT2D eigenvalue weighted by atomic mass is 79.9. The van der Waals surface area contributed by atoms with Gasteiger partial charge in [0.2, 0.25) is 0 Å². The third-order valence-corrected chi connectivity index (χ3v) is 5.64. The fraction of sp³-hybridized carbons (Fsp3) is 0.643. The van der Waals surface area contributed by atoms with Crippen LogP contribution < -0.4 is 4.72 Å². The maximum absolute atomic E-state index is 12.4. The number of pyridine rings is 1.